The number of nitrogens with zero attached hydrogens (tertiary/aromatic N) is 1. The largest absolute Gasteiger partial charge is 0.463 e. The second-order valence-electron chi connectivity index (χ2n) is 10.3. The lowest BCUT2D eigenvalue weighted by Gasteiger charge is -2.19. The smallest absolute Gasteiger partial charge is 0.407 e. The summed E-state index contributed by atoms with van der Waals surface area (Å²) < 4.78 is 10.9. The van der Waals surface area contributed by atoms with Crippen molar-refractivity contribution >= 4 is 12.1 Å². The Morgan fingerprint density at radius 2 is 1.26 bits per heavy atom. The number of carbonyl (C=O) groups excluding carboxylic acids is 2. The SMILES string of the molecule is CCCCCCCCCCCCCCCCC(CCC(=O)OC(C)C)OC(=O)NCCN(C)CC. The first kappa shape index (κ1) is 33.7. The van der Waals surface area contributed by atoms with Crippen molar-refractivity contribution in [1.29, 1.82) is 0 Å². The molecular weight excluding hydrogens is 440 g/mol. The molecule has 0 aromatic carbocycles. The molecular formula is C29H58N2O4. The highest BCUT2D eigenvalue weighted by Gasteiger charge is 2.17. The Kier molecular flexibility index (Phi) is 23.5. The van der Waals surface area contributed by atoms with Crippen molar-refractivity contribution in [2.75, 3.05) is 26.7 Å². The van der Waals surface area contributed by atoms with E-state index in [4.69, 9.17) is 9.47 Å². The molecule has 0 saturated heterocycles. The number of nitrogens with one attached hydrogen (secondary N) is 1. The van der Waals surface area contributed by atoms with E-state index < -0.39 is 0 Å². The topological polar surface area (TPSA) is 67.9 Å². The Balaban J connectivity index is 4.01. The monoisotopic (exact) mass is 498 g/mol. The second kappa shape index (κ2) is 24.4. The van der Waals surface area contributed by atoms with E-state index in [-0.39, 0.29) is 30.7 Å². The number of amides is 1. The fourth-order valence-corrected chi connectivity index (χ4v) is 4.13. The fraction of sp³-hybridized carbons (Fsp3) is 0.931. The number of hydrogen-bond acceptors (Lipinski definition) is 5. The maximum Gasteiger partial charge on any atom is 0.407 e. The Morgan fingerprint density at radius 3 is 1.74 bits per heavy atom. The standard InChI is InChI=1S/C29H58N2O4/c1-6-8-9-10-11-12-13-14-15-16-17-18-19-20-21-27(22-23-28(32)34-26(3)4)35-29(33)30-24-25-31(5)7-2/h26-27H,6-25H2,1-5H3,(H,30,33). The van der Waals surface area contributed by atoms with Crippen LogP contribution in [0.5, 0.6) is 0 Å². The molecule has 0 fully saturated rings. The zero-order chi connectivity index (χ0) is 26.2. The van der Waals surface area contributed by atoms with Gasteiger partial charge in [-0.25, -0.2) is 4.79 Å². The molecule has 1 atom stereocenters. The summed E-state index contributed by atoms with van der Waals surface area (Å²) in [7, 11) is 2.02. The van der Waals surface area contributed by atoms with Gasteiger partial charge in [0.25, 0.3) is 0 Å². The van der Waals surface area contributed by atoms with E-state index in [0.717, 1.165) is 32.4 Å². The molecule has 1 unspecified atom stereocenters. The predicted molar refractivity (Wildman–Crippen MR) is 147 cm³/mol. The van der Waals surface area contributed by atoms with Gasteiger partial charge in [-0.1, -0.05) is 97.3 Å². The normalized spacial score (nSPS) is 12.2. The van der Waals surface area contributed by atoms with E-state index in [9.17, 15) is 9.59 Å². The Morgan fingerprint density at radius 1 is 0.743 bits per heavy atom. The molecule has 0 bridgehead atoms. The molecule has 6 nitrogen and oxygen atoms in total. The third-order valence-corrected chi connectivity index (χ3v) is 6.49. The minimum Gasteiger partial charge on any atom is -0.463 e. The van der Waals surface area contributed by atoms with Gasteiger partial charge < -0.3 is 19.7 Å². The summed E-state index contributed by atoms with van der Waals surface area (Å²) in [5, 5.41) is 2.83. The van der Waals surface area contributed by atoms with Gasteiger partial charge in [0, 0.05) is 19.5 Å². The van der Waals surface area contributed by atoms with Crippen LogP contribution in [-0.4, -0.2) is 55.9 Å². The summed E-state index contributed by atoms with van der Waals surface area (Å²) in [5.74, 6) is -0.223. The van der Waals surface area contributed by atoms with Gasteiger partial charge in [-0.15, -0.1) is 0 Å². The maximum atomic E-state index is 12.2. The number of rotatable bonds is 24. The van der Waals surface area contributed by atoms with Gasteiger partial charge in [0.05, 0.1) is 6.10 Å². The van der Waals surface area contributed by atoms with Crippen LogP contribution in [0.15, 0.2) is 0 Å². The van der Waals surface area contributed by atoms with E-state index in [2.05, 4.69) is 24.1 Å². The average molecular weight is 499 g/mol. The predicted octanol–water partition coefficient (Wildman–Crippen LogP) is 7.64. The van der Waals surface area contributed by atoms with Crippen LogP contribution in [0.3, 0.4) is 0 Å². The molecule has 0 spiro atoms. The lowest BCUT2D eigenvalue weighted by Crippen LogP contribution is -2.35. The van der Waals surface area contributed by atoms with Gasteiger partial charge >= 0.3 is 12.1 Å². The first-order valence-corrected chi connectivity index (χ1v) is 14.7. The van der Waals surface area contributed by atoms with Crippen LogP contribution in [0.4, 0.5) is 4.79 Å². The van der Waals surface area contributed by atoms with E-state index in [1.54, 1.807) is 0 Å². The van der Waals surface area contributed by atoms with Crippen LogP contribution in [0.2, 0.25) is 0 Å². The number of alkyl carbamates (subject to hydrolysis) is 1. The van der Waals surface area contributed by atoms with Gasteiger partial charge in [0.15, 0.2) is 0 Å². The fourth-order valence-electron chi connectivity index (χ4n) is 4.13. The zero-order valence-electron chi connectivity index (χ0n) is 23.9. The molecule has 0 aromatic heterocycles. The van der Waals surface area contributed by atoms with E-state index >= 15 is 0 Å². The highest BCUT2D eigenvalue weighted by Crippen LogP contribution is 2.16. The minimum atomic E-state index is -0.387. The zero-order valence-corrected chi connectivity index (χ0v) is 23.9. The third kappa shape index (κ3) is 24.2. The summed E-state index contributed by atoms with van der Waals surface area (Å²) in [6.45, 7) is 10.3. The summed E-state index contributed by atoms with van der Waals surface area (Å²) in [5.41, 5.74) is 0. The van der Waals surface area contributed by atoms with Crippen LogP contribution in [0.25, 0.3) is 0 Å². The molecule has 0 rings (SSSR count). The van der Waals surface area contributed by atoms with Crippen molar-refractivity contribution in [2.45, 2.75) is 149 Å². The van der Waals surface area contributed by atoms with Crippen molar-refractivity contribution < 1.29 is 19.1 Å². The average Bonchev–Trinajstić information content (AvgIpc) is 2.81. The van der Waals surface area contributed by atoms with Crippen molar-refractivity contribution in [3.05, 3.63) is 0 Å². The summed E-state index contributed by atoms with van der Waals surface area (Å²) in [6.07, 6.45) is 19.3. The number of carbonyl (C=O) groups is 2. The molecule has 0 aromatic rings. The molecule has 0 aliphatic heterocycles. The summed E-state index contributed by atoms with van der Waals surface area (Å²) in [4.78, 5) is 26.3. The minimum absolute atomic E-state index is 0.119. The summed E-state index contributed by atoms with van der Waals surface area (Å²) in [6, 6.07) is 0. The van der Waals surface area contributed by atoms with E-state index in [0.29, 0.717) is 13.0 Å². The van der Waals surface area contributed by atoms with Crippen molar-refractivity contribution in [1.82, 2.24) is 10.2 Å². The molecule has 0 saturated carbocycles. The van der Waals surface area contributed by atoms with Crippen LogP contribution in [-0.2, 0) is 14.3 Å². The van der Waals surface area contributed by atoms with Crippen LogP contribution in [0.1, 0.15) is 137 Å². The van der Waals surface area contributed by atoms with E-state index in [1.807, 2.05) is 20.9 Å². The number of likely N-dealkylation sites (N-methyl/N-ethyl adjacent to an activating group) is 1. The number of unbranched alkanes of at least 4 members (excludes halogenated alkanes) is 13. The van der Waals surface area contributed by atoms with Gasteiger partial charge in [-0.05, 0) is 46.7 Å². The van der Waals surface area contributed by atoms with Crippen molar-refractivity contribution in [3.63, 3.8) is 0 Å². The lowest BCUT2D eigenvalue weighted by atomic mass is 10.0. The molecule has 6 heteroatoms. The summed E-state index contributed by atoms with van der Waals surface area (Å²) >= 11 is 0. The first-order valence-electron chi connectivity index (χ1n) is 14.7. The highest BCUT2D eigenvalue weighted by molar-refractivity contribution is 5.70. The van der Waals surface area contributed by atoms with Gasteiger partial charge in [-0.3, -0.25) is 4.79 Å². The molecule has 0 aliphatic rings. The third-order valence-electron chi connectivity index (χ3n) is 6.49. The molecule has 208 valence electrons. The molecule has 35 heavy (non-hydrogen) atoms. The molecule has 1 N–H and O–H groups in total. The van der Waals surface area contributed by atoms with Gasteiger partial charge in [0.1, 0.15) is 6.10 Å². The second-order valence-corrected chi connectivity index (χ2v) is 10.3. The number of esters is 1. The molecule has 0 heterocycles. The first-order chi connectivity index (χ1) is 16.9. The van der Waals surface area contributed by atoms with Crippen LogP contribution >= 0.6 is 0 Å². The van der Waals surface area contributed by atoms with Gasteiger partial charge in [-0.2, -0.15) is 0 Å². The molecule has 1 amide bonds. The van der Waals surface area contributed by atoms with Crippen LogP contribution in [0, 0.1) is 0 Å². The number of ether oxygens (including phenoxy) is 2. The highest BCUT2D eigenvalue weighted by atomic mass is 16.6. The van der Waals surface area contributed by atoms with Crippen molar-refractivity contribution in [2.24, 2.45) is 0 Å². The Hall–Kier alpha value is -1.30. The Bertz CT molecular complexity index is 499. The van der Waals surface area contributed by atoms with Crippen molar-refractivity contribution in [3.8, 4) is 0 Å². The maximum absolute atomic E-state index is 12.2. The Labute approximate surface area is 217 Å². The lowest BCUT2D eigenvalue weighted by molar-refractivity contribution is -0.148. The van der Waals surface area contributed by atoms with Crippen LogP contribution < -0.4 is 5.32 Å². The quantitative estimate of drug-likeness (QED) is 0.109. The van der Waals surface area contributed by atoms with E-state index in [1.165, 1.54) is 77.0 Å². The number of hydrogen-bond donors (Lipinski definition) is 1. The van der Waals surface area contributed by atoms with Gasteiger partial charge in [0.2, 0.25) is 0 Å². The molecule has 0 aliphatic carbocycles. The molecule has 0 radical (unpaired) electrons.